The highest BCUT2D eigenvalue weighted by Gasteiger charge is 2.68. The number of hydrogen-bond donors (Lipinski definition) is 0. The molecular formula is C15H26ClNO2. The Hall–Kier alpha value is -0.280. The summed E-state index contributed by atoms with van der Waals surface area (Å²) in [5.41, 5.74) is 0.270. The van der Waals surface area contributed by atoms with Crippen molar-refractivity contribution in [2.45, 2.75) is 46.6 Å². The summed E-state index contributed by atoms with van der Waals surface area (Å²) in [4.78, 5) is 14.6. The zero-order valence-electron chi connectivity index (χ0n) is 12.5. The summed E-state index contributed by atoms with van der Waals surface area (Å²) in [6.07, 6.45) is 2.16. The summed E-state index contributed by atoms with van der Waals surface area (Å²) in [6.45, 7) is 11.1. The van der Waals surface area contributed by atoms with Crippen LogP contribution in [-0.4, -0.2) is 42.5 Å². The second-order valence-corrected chi connectivity index (χ2v) is 7.34. The fourth-order valence-electron chi connectivity index (χ4n) is 3.45. The number of carbonyl (C=O) groups is 1. The maximum absolute atomic E-state index is 12.6. The zero-order valence-corrected chi connectivity index (χ0v) is 13.3. The number of hydrogen-bond acceptors (Lipinski definition) is 2. The van der Waals surface area contributed by atoms with Gasteiger partial charge < -0.3 is 9.64 Å². The maximum Gasteiger partial charge on any atom is 0.226 e. The van der Waals surface area contributed by atoms with Crippen molar-refractivity contribution in [3.8, 4) is 0 Å². The van der Waals surface area contributed by atoms with Gasteiger partial charge in [0.05, 0.1) is 12.7 Å². The first kappa shape index (κ1) is 15.1. The van der Waals surface area contributed by atoms with Crippen molar-refractivity contribution < 1.29 is 9.53 Å². The molecule has 2 fully saturated rings. The van der Waals surface area contributed by atoms with Gasteiger partial charge in [-0.1, -0.05) is 27.7 Å². The number of rotatable bonds is 4. The van der Waals surface area contributed by atoms with Gasteiger partial charge in [-0.2, -0.15) is 0 Å². The van der Waals surface area contributed by atoms with Gasteiger partial charge in [0.25, 0.3) is 0 Å². The lowest BCUT2D eigenvalue weighted by atomic mass is 10.0. The van der Waals surface area contributed by atoms with Crippen molar-refractivity contribution in [2.75, 3.05) is 25.6 Å². The van der Waals surface area contributed by atoms with E-state index in [1.807, 2.05) is 4.90 Å². The Labute approximate surface area is 121 Å². The molecule has 0 aromatic rings. The number of amides is 1. The Morgan fingerprint density at radius 1 is 1.21 bits per heavy atom. The number of nitrogens with zero attached hydrogens (tertiary/aromatic N) is 1. The molecule has 2 aliphatic rings. The first-order chi connectivity index (χ1) is 8.82. The van der Waals surface area contributed by atoms with Gasteiger partial charge in [-0.3, -0.25) is 4.79 Å². The van der Waals surface area contributed by atoms with Crippen LogP contribution in [0.15, 0.2) is 0 Å². The highest BCUT2D eigenvalue weighted by Crippen LogP contribution is 2.68. The molecule has 1 saturated heterocycles. The summed E-state index contributed by atoms with van der Waals surface area (Å²) in [6, 6.07) is 0. The Morgan fingerprint density at radius 3 is 2.16 bits per heavy atom. The van der Waals surface area contributed by atoms with E-state index in [9.17, 15) is 4.79 Å². The third-order valence-electron chi connectivity index (χ3n) is 5.45. The lowest BCUT2D eigenvalue weighted by Gasteiger charge is -2.32. The molecule has 1 saturated carbocycles. The number of carbonyl (C=O) groups excluding carboxylic acids is 1. The van der Waals surface area contributed by atoms with E-state index in [0.29, 0.717) is 18.4 Å². The fourth-order valence-corrected chi connectivity index (χ4v) is 3.54. The van der Waals surface area contributed by atoms with E-state index >= 15 is 0 Å². The minimum absolute atomic E-state index is 0.135. The first-order valence-electron chi connectivity index (χ1n) is 7.28. The molecule has 110 valence electrons. The SMILES string of the molecule is CC1(C)C(C(=O)N2CCC(OCCCl)CC2)C1(C)C. The van der Waals surface area contributed by atoms with Crippen molar-refractivity contribution in [3.05, 3.63) is 0 Å². The molecule has 0 radical (unpaired) electrons. The fraction of sp³-hybridized carbons (Fsp3) is 0.933. The van der Waals surface area contributed by atoms with Crippen LogP contribution in [0, 0.1) is 16.7 Å². The molecular weight excluding hydrogens is 262 g/mol. The van der Waals surface area contributed by atoms with Gasteiger partial charge in [0, 0.05) is 24.9 Å². The third-order valence-corrected chi connectivity index (χ3v) is 5.61. The summed E-state index contributed by atoms with van der Waals surface area (Å²) < 4.78 is 5.65. The second-order valence-electron chi connectivity index (χ2n) is 6.96. The molecule has 0 spiro atoms. The molecule has 0 aromatic heterocycles. The van der Waals surface area contributed by atoms with Crippen molar-refractivity contribution in [3.63, 3.8) is 0 Å². The Morgan fingerprint density at radius 2 is 1.74 bits per heavy atom. The average Bonchev–Trinajstić information content (AvgIpc) is 2.77. The van der Waals surface area contributed by atoms with Crippen molar-refractivity contribution in [2.24, 2.45) is 16.7 Å². The Bertz CT molecular complexity index is 332. The van der Waals surface area contributed by atoms with Crippen LogP contribution in [0.2, 0.25) is 0 Å². The minimum atomic E-state index is 0.135. The van der Waals surface area contributed by atoms with Crippen LogP contribution in [-0.2, 0) is 9.53 Å². The Kier molecular flexibility index (Phi) is 4.18. The van der Waals surface area contributed by atoms with Crippen LogP contribution >= 0.6 is 11.6 Å². The van der Waals surface area contributed by atoms with Gasteiger partial charge in [-0.05, 0) is 23.7 Å². The van der Waals surface area contributed by atoms with Crippen molar-refractivity contribution in [1.29, 1.82) is 0 Å². The lowest BCUT2D eigenvalue weighted by molar-refractivity contribution is -0.136. The van der Waals surface area contributed by atoms with E-state index in [-0.39, 0.29) is 22.9 Å². The highest BCUT2D eigenvalue weighted by atomic mass is 35.5. The van der Waals surface area contributed by atoms with Crippen molar-refractivity contribution >= 4 is 17.5 Å². The largest absolute Gasteiger partial charge is 0.377 e. The molecule has 4 heteroatoms. The number of alkyl halides is 1. The van der Waals surface area contributed by atoms with E-state index in [1.54, 1.807) is 0 Å². The number of likely N-dealkylation sites (tertiary alicyclic amines) is 1. The summed E-state index contributed by atoms with van der Waals surface area (Å²) in [5.74, 6) is 1.06. The third kappa shape index (κ3) is 2.64. The molecule has 0 bridgehead atoms. The molecule has 1 heterocycles. The minimum Gasteiger partial charge on any atom is -0.377 e. The van der Waals surface area contributed by atoms with Crippen molar-refractivity contribution in [1.82, 2.24) is 4.90 Å². The van der Waals surface area contributed by atoms with Gasteiger partial charge in [0.15, 0.2) is 0 Å². The smallest absolute Gasteiger partial charge is 0.226 e. The van der Waals surface area contributed by atoms with Crippen LogP contribution in [0.25, 0.3) is 0 Å². The van der Waals surface area contributed by atoms with Gasteiger partial charge >= 0.3 is 0 Å². The van der Waals surface area contributed by atoms with Gasteiger partial charge in [-0.25, -0.2) is 0 Å². The highest BCUT2D eigenvalue weighted by molar-refractivity contribution is 6.17. The van der Waals surface area contributed by atoms with E-state index in [0.717, 1.165) is 25.9 Å². The van der Waals surface area contributed by atoms with Crippen LogP contribution in [0.5, 0.6) is 0 Å². The maximum atomic E-state index is 12.6. The summed E-state index contributed by atoms with van der Waals surface area (Å²) in [7, 11) is 0. The van der Waals surface area contributed by atoms with Crippen LogP contribution in [0.3, 0.4) is 0 Å². The number of piperidine rings is 1. The van der Waals surface area contributed by atoms with Gasteiger partial charge in [-0.15, -0.1) is 11.6 Å². The molecule has 2 rings (SSSR count). The normalized spacial score (nSPS) is 26.5. The van der Waals surface area contributed by atoms with E-state index in [4.69, 9.17) is 16.3 Å². The van der Waals surface area contributed by atoms with Gasteiger partial charge in [0.1, 0.15) is 0 Å². The average molecular weight is 288 g/mol. The monoisotopic (exact) mass is 287 g/mol. The molecule has 1 aliphatic carbocycles. The topological polar surface area (TPSA) is 29.5 Å². The number of halogens is 1. The first-order valence-corrected chi connectivity index (χ1v) is 7.82. The lowest BCUT2D eigenvalue weighted by Crippen LogP contribution is -2.42. The Balaban J connectivity index is 1.84. The molecule has 1 aliphatic heterocycles. The zero-order chi connectivity index (χ0) is 14.3. The molecule has 0 unspecified atom stereocenters. The molecule has 19 heavy (non-hydrogen) atoms. The van der Waals surface area contributed by atoms with Crippen LogP contribution in [0.4, 0.5) is 0 Å². The summed E-state index contributed by atoms with van der Waals surface area (Å²) >= 11 is 5.62. The van der Waals surface area contributed by atoms with E-state index < -0.39 is 0 Å². The van der Waals surface area contributed by atoms with E-state index in [2.05, 4.69) is 27.7 Å². The standard InChI is InChI=1S/C15H26ClNO2/c1-14(2)12(15(14,3)4)13(18)17-8-5-11(6-9-17)19-10-7-16/h11-12H,5-10H2,1-4H3. The summed E-state index contributed by atoms with van der Waals surface area (Å²) in [5, 5.41) is 0. The van der Waals surface area contributed by atoms with E-state index in [1.165, 1.54) is 0 Å². The molecule has 3 nitrogen and oxygen atoms in total. The molecule has 0 N–H and O–H groups in total. The van der Waals surface area contributed by atoms with Crippen LogP contribution in [0.1, 0.15) is 40.5 Å². The molecule has 0 aromatic carbocycles. The molecule has 1 amide bonds. The van der Waals surface area contributed by atoms with Gasteiger partial charge in [0.2, 0.25) is 5.91 Å². The van der Waals surface area contributed by atoms with Crippen LogP contribution < -0.4 is 0 Å². The number of ether oxygens (including phenoxy) is 1. The second kappa shape index (κ2) is 5.25. The predicted octanol–water partition coefficient (Wildman–Crippen LogP) is 2.92. The predicted molar refractivity (Wildman–Crippen MR) is 77.3 cm³/mol. The quantitative estimate of drug-likeness (QED) is 0.744. The molecule has 0 atom stereocenters.